The van der Waals surface area contributed by atoms with E-state index < -0.39 is 0 Å². The summed E-state index contributed by atoms with van der Waals surface area (Å²) >= 11 is 1.75. The maximum atomic E-state index is 5.55. The van der Waals surface area contributed by atoms with E-state index in [0.717, 1.165) is 22.9 Å². The number of nitrogens with zero attached hydrogens (tertiary/aromatic N) is 3. The lowest BCUT2D eigenvalue weighted by molar-refractivity contribution is 0.632. The van der Waals surface area contributed by atoms with Crippen LogP contribution in [0.4, 0.5) is 5.82 Å². The van der Waals surface area contributed by atoms with Gasteiger partial charge in [-0.1, -0.05) is 0 Å². The van der Waals surface area contributed by atoms with Gasteiger partial charge in [0, 0.05) is 29.1 Å². The molecule has 0 aliphatic rings. The molecule has 0 aliphatic heterocycles. The molecule has 0 amide bonds. The molecule has 2 aromatic heterocycles. The standard InChI is InChI=1S/C12H16N4S/c1-3-16-10(6-9(2)15-16)8-17-11-4-5-12(13)14-7-11/h4-7H,3,8H2,1-2H3,(H2,13,14). The average molecular weight is 248 g/mol. The molecule has 2 heterocycles. The van der Waals surface area contributed by atoms with Crippen molar-refractivity contribution in [2.24, 2.45) is 0 Å². The summed E-state index contributed by atoms with van der Waals surface area (Å²) in [7, 11) is 0. The third-order valence-electron chi connectivity index (χ3n) is 2.43. The Kier molecular flexibility index (Phi) is 3.68. The van der Waals surface area contributed by atoms with Gasteiger partial charge >= 0.3 is 0 Å². The number of nitrogens with two attached hydrogens (primary N) is 1. The number of hydrogen-bond acceptors (Lipinski definition) is 4. The second-order valence-electron chi connectivity index (χ2n) is 3.80. The molecule has 0 saturated carbocycles. The lowest BCUT2D eigenvalue weighted by atomic mass is 10.4. The van der Waals surface area contributed by atoms with Crippen LogP contribution in [0.3, 0.4) is 0 Å². The minimum atomic E-state index is 0.559. The van der Waals surface area contributed by atoms with Crippen LogP contribution in [0, 0.1) is 6.92 Å². The van der Waals surface area contributed by atoms with Crippen LogP contribution in [0.1, 0.15) is 18.3 Å². The Hall–Kier alpha value is -1.49. The number of rotatable bonds is 4. The third kappa shape index (κ3) is 3.00. The molecule has 2 N–H and O–H groups in total. The Morgan fingerprint density at radius 3 is 2.88 bits per heavy atom. The monoisotopic (exact) mass is 248 g/mol. The van der Waals surface area contributed by atoms with E-state index in [1.165, 1.54) is 5.69 Å². The van der Waals surface area contributed by atoms with Crippen LogP contribution in [0.5, 0.6) is 0 Å². The summed E-state index contributed by atoms with van der Waals surface area (Å²) < 4.78 is 2.03. The van der Waals surface area contributed by atoms with Gasteiger partial charge in [-0.15, -0.1) is 11.8 Å². The molecule has 0 atom stereocenters. The lowest BCUT2D eigenvalue weighted by Gasteiger charge is -2.04. The SMILES string of the molecule is CCn1nc(C)cc1CSc1ccc(N)nc1. The molecule has 4 nitrogen and oxygen atoms in total. The van der Waals surface area contributed by atoms with Crippen molar-refractivity contribution in [2.45, 2.75) is 31.0 Å². The van der Waals surface area contributed by atoms with E-state index in [1.807, 2.05) is 23.7 Å². The summed E-state index contributed by atoms with van der Waals surface area (Å²) in [6, 6.07) is 5.94. The van der Waals surface area contributed by atoms with Crippen LogP contribution >= 0.6 is 11.8 Å². The maximum absolute atomic E-state index is 5.55. The van der Waals surface area contributed by atoms with E-state index in [2.05, 4.69) is 23.1 Å². The third-order valence-corrected chi connectivity index (χ3v) is 3.45. The van der Waals surface area contributed by atoms with Crippen molar-refractivity contribution in [2.75, 3.05) is 5.73 Å². The lowest BCUT2D eigenvalue weighted by Crippen LogP contribution is -2.01. The Bertz CT molecular complexity index is 490. The fourth-order valence-electron chi connectivity index (χ4n) is 1.62. The summed E-state index contributed by atoms with van der Waals surface area (Å²) in [6.45, 7) is 5.03. The maximum Gasteiger partial charge on any atom is 0.123 e. The van der Waals surface area contributed by atoms with Crippen molar-refractivity contribution >= 4 is 17.6 Å². The highest BCUT2D eigenvalue weighted by Gasteiger charge is 2.04. The molecule has 90 valence electrons. The molecule has 0 saturated heterocycles. The molecule has 0 aromatic carbocycles. The van der Waals surface area contributed by atoms with Gasteiger partial charge in [0.1, 0.15) is 5.82 Å². The van der Waals surface area contributed by atoms with E-state index in [9.17, 15) is 0 Å². The molecule has 0 bridgehead atoms. The number of aryl methyl sites for hydroxylation is 2. The van der Waals surface area contributed by atoms with Crippen LogP contribution < -0.4 is 5.73 Å². The van der Waals surface area contributed by atoms with Crippen molar-refractivity contribution < 1.29 is 0 Å². The van der Waals surface area contributed by atoms with Crippen molar-refractivity contribution in [1.29, 1.82) is 0 Å². The molecular weight excluding hydrogens is 232 g/mol. The molecular formula is C12H16N4S. The highest BCUT2D eigenvalue weighted by molar-refractivity contribution is 7.98. The zero-order valence-electron chi connectivity index (χ0n) is 10.1. The number of anilines is 1. The molecule has 0 fully saturated rings. The van der Waals surface area contributed by atoms with E-state index in [0.29, 0.717) is 5.82 Å². The number of thioether (sulfide) groups is 1. The Labute approximate surface area is 105 Å². The van der Waals surface area contributed by atoms with Crippen molar-refractivity contribution in [3.8, 4) is 0 Å². The quantitative estimate of drug-likeness (QED) is 0.845. The zero-order valence-corrected chi connectivity index (χ0v) is 10.9. The fourth-order valence-corrected chi connectivity index (χ4v) is 2.46. The molecule has 0 radical (unpaired) electrons. The van der Waals surface area contributed by atoms with Gasteiger partial charge in [0.2, 0.25) is 0 Å². The summed E-state index contributed by atoms with van der Waals surface area (Å²) in [5.41, 5.74) is 7.86. The second-order valence-corrected chi connectivity index (χ2v) is 4.85. The van der Waals surface area contributed by atoms with Crippen molar-refractivity contribution in [3.05, 3.63) is 35.8 Å². The first-order chi connectivity index (χ1) is 8.19. The van der Waals surface area contributed by atoms with Crippen LogP contribution in [0.2, 0.25) is 0 Å². The average Bonchev–Trinajstić information content (AvgIpc) is 2.69. The van der Waals surface area contributed by atoms with Crippen LogP contribution in [0.25, 0.3) is 0 Å². The van der Waals surface area contributed by atoms with Crippen molar-refractivity contribution in [1.82, 2.24) is 14.8 Å². The molecule has 0 aliphatic carbocycles. The first-order valence-electron chi connectivity index (χ1n) is 5.56. The van der Waals surface area contributed by atoms with Crippen LogP contribution in [-0.4, -0.2) is 14.8 Å². The smallest absolute Gasteiger partial charge is 0.123 e. The van der Waals surface area contributed by atoms with Crippen LogP contribution in [0.15, 0.2) is 29.3 Å². The highest BCUT2D eigenvalue weighted by atomic mass is 32.2. The van der Waals surface area contributed by atoms with Gasteiger partial charge < -0.3 is 5.73 Å². The topological polar surface area (TPSA) is 56.7 Å². The number of pyridine rings is 1. The molecule has 2 rings (SSSR count). The summed E-state index contributed by atoms with van der Waals surface area (Å²) in [5, 5.41) is 4.42. The van der Waals surface area contributed by atoms with Gasteiger partial charge in [0.05, 0.1) is 5.69 Å². The highest BCUT2D eigenvalue weighted by Crippen LogP contribution is 2.22. The number of aromatic nitrogens is 3. The number of nitrogen functional groups attached to an aromatic ring is 1. The summed E-state index contributed by atoms with van der Waals surface area (Å²) in [4.78, 5) is 5.20. The van der Waals surface area contributed by atoms with Crippen LogP contribution in [-0.2, 0) is 12.3 Å². The van der Waals surface area contributed by atoms with Gasteiger partial charge in [-0.25, -0.2) is 4.98 Å². The first kappa shape index (κ1) is 12.0. The van der Waals surface area contributed by atoms with Crippen molar-refractivity contribution in [3.63, 3.8) is 0 Å². The largest absolute Gasteiger partial charge is 0.384 e. The number of hydrogen-bond donors (Lipinski definition) is 1. The van der Waals surface area contributed by atoms with E-state index >= 15 is 0 Å². The minimum absolute atomic E-state index is 0.559. The molecule has 0 spiro atoms. The van der Waals surface area contributed by atoms with E-state index in [4.69, 9.17) is 5.73 Å². The Morgan fingerprint density at radius 2 is 2.24 bits per heavy atom. The van der Waals surface area contributed by atoms with Gasteiger partial charge in [-0.2, -0.15) is 5.10 Å². The second kappa shape index (κ2) is 5.23. The predicted octanol–water partition coefficient (Wildman–Crippen LogP) is 2.48. The Balaban J connectivity index is 2.04. The van der Waals surface area contributed by atoms with Gasteiger partial charge in [0.25, 0.3) is 0 Å². The predicted molar refractivity (Wildman–Crippen MR) is 70.8 cm³/mol. The normalized spacial score (nSPS) is 10.7. The van der Waals surface area contributed by atoms with Gasteiger partial charge in [-0.3, -0.25) is 4.68 Å². The van der Waals surface area contributed by atoms with E-state index in [1.54, 1.807) is 18.0 Å². The molecule has 2 aromatic rings. The fraction of sp³-hybridized carbons (Fsp3) is 0.333. The zero-order chi connectivity index (χ0) is 12.3. The van der Waals surface area contributed by atoms with Gasteiger partial charge in [0.15, 0.2) is 0 Å². The molecule has 5 heteroatoms. The molecule has 0 unspecified atom stereocenters. The van der Waals surface area contributed by atoms with E-state index in [-0.39, 0.29) is 0 Å². The first-order valence-corrected chi connectivity index (χ1v) is 6.55. The summed E-state index contributed by atoms with van der Waals surface area (Å²) in [6.07, 6.45) is 1.81. The van der Waals surface area contributed by atoms with Gasteiger partial charge in [-0.05, 0) is 32.0 Å². The molecule has 17 heavy (non-hydrogen) atoms. The summed E-state index contributed by atoms with van der Waals surface area (Å²) in [5.74, 6) is 1.46. The minimum Gasteiger partial charge on any atom is -0.384 e. The Morgan fingerprint density at radius 1 is 1.41 bits per heavy atom.